The van der Waals surface area contributed by atoms with Crippen LogP contribution in [-0.2, 0) is 34.5 Å². The molecule has 0 bridgehead atoms. The minimum Gasteiger partial charge on any atom is -0.507 e. The van der Waals surface area contributed by atoms with Crippen molar-refractivity contribution in [3.05, 3.63) is 71.0 Å². The summed E-state index contributed by atoms with van der Waals surface area (Å²) in [6, 6.07) is 8.69. The predicted molar refractivity (Wildman–Crippen MR) is 156 cm³/mol. The quantitative estimate of drug-likeness (QED) is 0.437. The van der Waals surface area contributed by atoms with Crippen LogP contribution in [0.2, 0.25) is 0 Å². The zero-order valence-corrected chi connectivity index (χ0v) is 25.4. The molecule has 0 heterocycles. The topological polar surface area (TPSA) is 40.5 Å². The summed E-state index contributed by atoms with van der Waals surface area (Å²) in [4.78, 5) is 0. The summed E-state index contributed by atoms with van der Waals surface area (Å²) < 4.78 is 0. The van der Waals surface area contributed by atoms with Crippen molar-refractivity contribution in [2.75, 3.05) is 0 Å². The minimum absolute atomic E-state index is 0.167. The van der Waals surface area contributed by atoms with E-state index in [-0.39, 0.29) is 27.1 Å². The molecule has 36 heavy (non-hydrogen) atoms. The summed E-state index contributed by atoms with van der Waals surface area (Å²) in [7, 11) is 0. The second-order valence-electron chi connectivity index (χ2n) is 15.1. The standard InChI is InChI=1S/C34H52O2/c1-15-34(14,20-22-16-24(30(2,3)4)28(35)25(17-22)31(5,6)7)21-23-18-26(32(8,9)10)29(36)27(19-23)33(11,12)13/h15-19,35-36H,14,20-21H2,1-13H3. The fraction of sp³-hybridized carbons (Fsp3) is 0.588. The smallest absolute Gasteiger partial charge is 0.123 e. The average molecular weight is 493 g/mol. The van der Waals surface area contributed by atoms with Crippen LogP contribution in [0.15, 0.2) is 24.3 Å². The lowest BCUT2D eigenvalue weighted by Gasteiger charge is -2.33. The summed E-state index contributed by atoms with van der Waals surface area (Å²) >= 11 is 0. The van der Waals surface area contributed by atoms with Gasteiger partial charge in [0.15, 0.2) is 0 Å². The lowest BCUT2D eigenvalue weighted by Crippen LogP contribution is -2.25. The number of hydrogen-bond donors (Lipinski definition) is 2. The van der Waals surface area contributed by atoms with Crippen molar-refractivity contribution >= 4 is 0 Å². The Morgan fingerprint density at radius 2 is 0.778 bits per heavy atom. The van der Waals surface area contributed by atoms with Crippen LogP contribution >= 0.6 is 0 Å². The van der Waals surface area contributed by atoms with Crippen molar-refractivity contribution in [3.63, 3.8) is 0 Å². The van der Waals surface area contributed by atoms with E-state index in [1.807, 2.05) is 0 Å². The summed E-state index contributed by atoms with van der Waals surface area (Å²) in [6.45, 7) is 32.6. The second kappa shape index (κ2) is 9.73. The van der Waals surface area contributed by atoms with Crippen LogP contribution in [-0.4, -0.2) is 10.2 Å². The zero-order chi connectivity index (χ0) is 28.1. The third kappa shape index (κ3) is 6.87. The molecule has 2 heteroatoms. The SMILES string of the molecule is [CH2]C([CH]C)(Cc1cc(C(C)(C)C)c(O)c(C(C)(C)C)c1)Cc1cc(C(C)(C)C)c(O)c(C(C)(C)C)c1. The van der Waals surface area contributed by atoms with Gasteiger partial charge >= 0.3 is 0 Å². The van der Waals surface area contributed by atoms with Gasteiger partial charge in [0.05, 0.1) is 0 Å². The van der Waals surface area contributed by atoms with Gasteiger partial charge in [0.1, 0.15) is 11.5 Å². The first-order valence-electron chi connectivity index (χ1n) is 13.4. The highest BCUT2D eigenvalue weighted by molar-refractivity contribution is 5.52. The van der Waals surface area contributed by atoms with Gasteiger partial charge in [-0.1, -0.05) is 114 Å². The average Bonchev–Trinajstić information content (AvgIpc) is 2.67. The minimum atomic E-state index is -0.331. The first-order valence-corrected chi connectivity index (χ1v) is 13.4. The van der Waals surface area contributed by atoms with E-state index >= 15 is 0 Å². The molecule has 2 nitrogen and oxygen atoms in total. The molecule has 0 saturated carbocycles. The zero-order valence-electron chi connectivity index (χ0n) is 25.4. The van der Waals surface area contributed by atoms with Crippen LogP contribution in [0.5, 0.6) is 11.5 Å². The highest BCUT2D eigenvalue weighted by Gasteiger charge is 2.32. The Balaban J connectivity index is 2.63. The van der Waals surface area contributed by atoms with Crippen molar-refractivity contribution in [2.45, 2.75) is 125 Å². The first kappa shape index (κ1) is 30.3. The van der Waals surface area contributed by atoms with Gasteiger partial charge in [-0.15, -0.1) is 0 Å². The number of phenols is 2. The molecule has 2 radical (unpaired) electrons. The number of aromatic hydroxyl groups is 2. The van der Waals surface area contributed by atoms with Crippen molar-refractivity contribution in [1.29, 1.82) is 0 Å². The number of hydrogen-bond acceptors (Lipinski definition) is 2. The van der Waals surface area contributed by atoms with Gasteiger partial charge in [-0.25, -0.2) is 0 Å². The first-order chi connectivity index (χ1) is 16.0. The Kier molecular flexibility index (Phi) is 8.18. The van der Waals surface area contributed by atoms with Crippen LogP contribution in [0.25, 0.3) is 0 Å². The largest absolute Gasteiger partial charge is 0.507 e. The van der Waals surface area contributed by atoms with Crippen molar-refractivity contribution in [1.82, 2.24) is 0 Å². The van der Waals surface area contributed by atoms with Crippen LogP contribution < -0.4 is 0 Å². The Bertz CT molecular complexity index is 923. The lowest BCUT2D eigenvalue weighted by atomic mass is 9.71. The molecule has 0 atom stereocenters. The highest BCUT2D eigenvalue weighted by Crippen LogP contribution is 2.43. The molecule has 0 spiro atoms. The molecule has 2 aromatic rings. The molecule has 0 saturated heterocycles. The summed E-state index contributed by atoms with van der Waals surface area (Å²) in [5.41, 5.74) is 5.33. The summed E-state index contributed by atoms with van der Waals surface area (Å²) in [5, 5.41) is 22.3. The Labute approximate surface area is 222 Å². The van der Waals surface area contributed by atoms with Crippen molar-refractivity contribution in [3.8, 4) is 11.5 Å². The van der Waals surface area contributed by atoms with E-state index in [4.69, 9.17) is 6.92 Å². The predicted octanol–water partition coefficient (Wildman–Crippen LogP) is 9.12. The molecule has 0 aromatic heterocycles. The van der Waals surface area contributed by atoms with Gasteiger partial charge in [0.25, 0.3) is 0 Å². The van der Waals surface area contributed by atoms with Crippen LogP contribution in [0.4, 0.5) is 0 Å². The molecule has 0 amide bonds. The maximum absolute atomic E-state index is 11.2. The van der Waals surface area contributed by atoms with E-state index in [1.165, 1.54) is 11.1 Å². The Hall–Kier alpha value is -1.96. The van der Waals surface area contributed by atoms with E-state index in [2.05, 4.69) is 121 Å². The maximum atomic E-state index is 11.2. The van der Waals surface area contributed by atoms with Gasteiger partial charge in [0.2, 0.25) is 0 Å². The molecule has 200 valence electrons. The molecule has 0 unspecified atom stereocenters. The molecular weight excluding hydrogens is 440 g/mol. The monoisotopic (exact) mass is 492 g/mol. The molecule has 2 rings (SSSR count). The van der Waals surface area contributed by atoms with Crippen LogP contribution in [0.3, 0.4) is 0 Å². The van der Waals surface area contributed by atoms with Gasteiger partial charge < -0.3 is 10.2 Å². The highest BCUT2D eigenvalue weighted by atomic mass is 16.3. The van der Waals surface area contributed by atoms with Crippen molar-refractivity contribution < 1.29 is 10.2 Å². The van der Waals surface area contributed by atoms with E-state index in [0.29, 0.717) is 11.5 Å². The number of phenolic OH excluding ortho intramolecular Hbond substituents is 2. The van der Waals surface area contributed by atoms with Gasteiger partial charge in [-0.2, -0.15) is 0 Å². The molecule has 0 aliphatic carbocycles. The third-order valence-electron chi connectivity index (χ3n) is 7.30. The number of rotatable bonds is 5. The molecular formula is C34H52O2. The molecule has 0 aliphatic rings. The fourth-order valence-corrected chi connectivity index (χ4v) is 4.96. The fourth-order valence-electron chi connectivity index (χ4n) is 4.96. The molecule has 0 aliphatic heterocycles. The third-order valence-corrected chi connectivity index (χ3v) is 7.30. The Morgan fingerprint density at radius 1 is 0.556 bits per heavy atom. The normalized spacial score (nSPS) is 13.8. The molecule has 0 fully saturated rings. The molecule has 2 N–H and O–H groups in total. The maximum Gasteiger partial charge on any atom is 0.123 e. The van der Waals surface area contributed by atoms with E-state index in [9.17, 15) is 10.2 Å². The van der Waals surface area contributed by atoms with E-state index < -0.39 is 0 Å². The van der Waals surface area contributed by atoms with Crippen molar-refractivity contribution in [2.24, 2.45) is 5.41 Å². The van der Waals surface area contributed by atoms with Gasteiger partial charge in [0, 0.05) is 0 Å². The lowest BCUT2D eigenvalue weighted by molar-refractivity contribution is 0.412. The van der Waals surface area contributed by atoms with Gasteiger partial charge in [-0.3, -0.25) is 0 Å². The van der Waals surface area contributed by atoms with Crippen LogP contribution in [0.1, 0.15) is 123 Å². The second-order valence-corrected chi connectivity index (χ2v) is 15.1. The summed E-state index contributed by atoms with van der Waals surface area (Å²) in [6.07, 6.45) is 3.76. The Morgan fingerprint density at radius 3 is 0.944 bits per heavy atom. The summed E-state index contributed by atoms with van der Waals surface area (Å²) in [5.74, 6) is 0.828. The number of benzene rings is 2. The van der Waals surface area contributed by atoms with E-state index in [1.54, 1.807) is 0 Å². The van der Waals surface area contributed by atoms with E-state index in [0.717, 1.165) is 35.1 Å². The van der Waals surface area contributed by atoms with Crippen LogP contribution in [0, 0.1) is 18.8 Å². The molecule has 2 aromatic carbocycles. The van der Waals surface area contributed by atoms with Gasteiger partial charge in [-0.05, 0) is 86.6 Å².